The van der Waals surface area contributed by atoms with Crippen LogP contribution in [0.15, 0.2) is 122 Å². The van der Waals surface area contributed by atoms with Gasteiger partial charge < -0.3 is 10.0 Å². The summed E-state index contributed by atoms with van der Waals surface area (Å²) in [5, 5.41) is 19.4. The SMILES string of the molecule is Cc1ccc(-c2cc(-c3ccccc3)cc(-c3ccc(-c4cccc(B(O)O)c4)c4nccnc34)c2)cc1. The van der Waals surface area contributed by atoms with Gasteiger partial charge in [-0.1, -0.05) is 96.6 Å². The fraction of sp³-hybridized carbons (Fsp3) is 0.0303. The lowest BCUT2D eigenvalue weighted by Gasteiger charge is -2.14. The molecule has 6 aromatic rings. The summed E-state index contributed by atoms with van der Waals surface area (Å²) in [7, 11) is -1.53. The second kappa shape index (κ2) is 10.1. The summed E-state index contributed by atoms with van der Waals surface area (Å²) < 4.78 is 0. The van der Waals surface area contributed by atoms with Gasteiger partial charge in [0.05, 0.1) is 11.0 Å². The molecule has 0 fully saturated rings. The first-order valence-corrected chi connectivity index (χ1v) is 12.5. The molecule has 2 N–H and O–H groups in total. The van der Waals surface area contributed by atoms with Crippen molar-refractivity contribution >= 4 is 23.6 Å². The molecule has 0 amide bonds. The Bertz CT molecular complexity index is 1750. The molecule has 0 radical (unpaired) electrons. The summed E-state index contributed by atoms with van der Waals surface area (Å²) in [6, 6.07) is 37.0. The molecule has 1 heterocycles. The van der Waals surface area contributed by atoms with E-state index >= 15 is 0 Å². The van der Waals surface area contributed by atoms with E-state index in [1.54, 1.807) is 24.5 Å². The van der Waals surface area contributed by atoms with Crippen molar-refractivity contribution in [2.45, 2.75) is 6.92 Å². The third-order valence-electron chi connectivity index (χ3n) is 6.86. The minimum absolute atomic E-state index is 0.432. The van der Waals surface area contributed by atoms with E-state index in [2.05, 4.69) is 79.7 Å². The highest BCUT2D eigenvalue weighted by Crippen LogP contribution is 2.37. The third kappa shape index (κ3) is 4.61. The predicted molar refractivity (Wildman–Crippen MR) is 156 cm³/mol. The number of nitrogens with zero attached hydrogens (tertiary/aromatic N) is 2. The first kappa shape index (κ1) is 23.8. The van der Waals surface area contributed by atoms with Gasteiger partial charge in [-0.2, -0.15) is 0 Å². The highest BCUT2D eigenvalue weighted by molar-refractivity contribution is 6.58. The van der Waals surface area contributed by atoms with Crippen LogP contribution < -0.4 is 5.46 Å². The molecule has 0 unspecified atom stereocenters. The molecular weight excluding hydrogens is 467 g/mol. The van der Waals surface area contributed by atoms with Gasteiger partial charge in [-0.25, -0.2) is 0 Å². The molecule has 0 aliphatic heterocycles. The summed E-state index contributed by atoms with van der Waals surface area (Å²) in [6.07, 6.45) is 3.41. The zero-order valence-electron chi connectivity index (χ0n) is 20.9. The van der Waals surface area contributed by atoms with Crippen LogP contribution in [0.2, 0.25) is 0 Å². The van der Waals surface area contributed by atoms with E-state index in [9.17, 15) is 10.0 Å². The van der Waals surface area contributed by atoms with Gasteiger partial charge in [0.25, 0.3) is 0 Å². The lowest BCUT2D eigenvalue weighted by Crippen LogP contribution is -2.29. The summed E-state index contributed by atoms with van der Waals surface area (Å²) in [4.78, 5) is 9.46. The molecule has 4 nitrogen and oxygen atoms in total. The Labute approximate surface area is 222 Å². The molecule has 182 valence electrons. The van der Waals surface area contributed by atoms with Gasteiger partial charge in [-0.3, -0.25) is 9.97 Å². The van der Waals surface area contributed by atoms with Crippen LogP contribution in [0.3, 0.4) is 0 Å². The first-order valence-electron chi connectivity index (χ1n) is 12.5. The summed E-state index contributed by atoms with van der Waals surface area (Å²) in [6.45, 7) is 2.10. The number of hydrogen-bond acceptors (Lipinski definition) is 4. The fourth-order valence-electron chi connectivity index (χ4n) is 4.88. The maximum atomic E-state index is 9.68. The second-order valence-electron chi connectivity index (χ2n) is 9.44. The number of rotatable bonds is 5. The monoisotopic (exact) mass is 492 g/mol. The van der Waals surface area contributed by atoms with Crippen LogP contribution in [-0.4, -0.2) is 27.1 Å². The molecule has 1 aromatic heterocycles. The molecule has 0 aliphatic rings. The van der Waals surface area contributed by atoms with Crippen LogP contribution in [-0.2, 0) is 0 Å². The van der Waals surface area contributed by atoms with E-state index in [1.807, 2.05) is 24.3 Å². The van der Waals surface area contributed by atoms with Gasteiger partial charge in [0.15, 0.2) is 0 Å². The molecule has 6 rings (SSSR count). The summed E-state index contributed by atoms with van der Waals surface area (Å²) in [5.74, 6) is 0. The van der Waals surface area contributed by atoms with Gasteiger partial charge >= 0.3 is 7.12 Å². The van der Waals surface area contributed by atoms with Crippen molar-refractivity contribution in [2.75, 3.05) is 0 Å². The fourth-order valence-corrected chi connectivity index (χ4v) is 4.88. The van der Waals surface area contributed by atoms with Crippen molar-refractivity contribution in [3.05, 3.63) is 127 Å². The molecule has 5 aromatic carbocycles. The quantitative estimate of drug-likeness (QED) is 0.278. The van der Waals surface area contributed by atoms with Gasteiger partial charge in [-0.05, 0) is 64.0 Å². The maximum absolute atomic E-state index is 9.68. The minimum atomic E-state index is -1.53. The first-order chi connectivity index (χ1) is 18.6. The van der Waals surface area contributed by atoms with E-state index in [0.717, 1.165) is 55.5 Å². The Morgan fingerprint density at radius 2 is 1.05 bits per heavy atom. The Kier molecular flexibility index (Phi) is 6.30. The highest BCUT2D eigenvalue weighted by atomic mass is 16.4. The van der Waals surface area contributed by atoms with Crippen LogP contribution in [0.1, 0.15) is 5.56 Å². The number of fused-ring (bicyclic) bond motifs is 1. The smallest absolute Gasteiger partial charge is 0.423 e. The van der Waals surface area contributed by atoms with Gasteiger partial charge in [0.2, 0.25) is 0 Å². The standard InChI is InChI=1S/C33H25BN2O2/c1-22-10-12-24(13-11-22)27-18-26(23-6-3-2-4-7-23)19-28(20-27)31-15-14-30(32-33(31)36-17-16-35-32)25-8-5-9-29(21-25)34(37)38/h2-21,37-38H,1H3. The zero-order chi connectivity index (χ0) is 26.1. The lowest BCUT2D eigenvalue weighted by atomic mass is 9.79. The van der Waals surface area contributed by atoms with E-state index < -0.39 is 7.12 Å². The van der Waals surface area contributed by atoms with Crippen molar-refractivity contribution in [1.29, 1.82) is 0 Å². The van der Waals surface area contributed by atoms with E-state index in [0.29, 0.717) is 5.46 Å². The Morgan fingerprint density at radius 1 is 0.500 bits per heavy atom. The summed E-state index contributed by atoms with van der Waals surface area (Å²) in [5.41, 5.74) is 11.6. The number of aromatic nitrogens is 2. The maximum Gasteiger partial charge on any atom is 0.488 e. The number of aryl methyl sites for hydroxylation is 1. The van der Waals surface area contributed by atoms with Crippen molar-refractivity contribution < 1.29 is 10.0 Å². The summed E-state index contributed by atoms with van der Waals surface area (Å²) >= 11 is 0. The molecule has 0 bridgehead atoms. The molecule has 0 saturated heterocycles. The second-order valence-corrected chi connectivity index (χ2v) is 9.44. The molecule has 0 saturated carbocycles. The van der Waals surface area contributed by atoms with Crippen molar-refractivity contribution in [3.63, 3.8) is 0 Å². The van der Waals surface area contributed by atoms with Crippen LogP contribution in [0.4, 0.5) is 0 Å². The van der Waals surface area contributed by atoms with Crippen LogP contribution in [0, 0.1) is 6.92 Å². The molecule has 0 aliphatic carbocycles. The number of benzene rings is 5. The van der Waals surface area contributed by atoms with E-state index in [1.165, 1.54) is 5.56 Å². The average molecular weight is 492 g/mol. The third-order valence-corrected chi connectivity index (χ3v) is 6.86. The topological polar surface area (TPSA) is 66.2 Å². The normalized spacial score (nSPS) is 11.0. The largest absolute Gasteiger partial charge is 0.488 e. The van der Waals surface area contributed by atoms with Crippen LogP contribution in [0.25, 0.3) is 55.5 Å². The molecule has 0 atom stereocenters. The Balaban J connectivity index is 1.56. The van der Waals surface area contributed by atoms with Gasteiger partial charge in [-0.15, -0.1) is 0 Å². The number of hydrogen-bond donors (Lipinski definition) is 2. The van der Waals surface area contributed by atoms with Crippen LogP contribution in [0.5, 0.6) is 0 Å². The lowest BCUT2D eigenvalue weighted by molar-refractivity contribution is 0.426. The average Bonchev–Trinajstić information content (AvgIpc) is 2.97. The van der Waals surface area contributed by atoms with E-state index in [-0.39, 0.29) is 0 Å². The zero-order valence-corrected chi connectivity index (χ0v) is 20.9. The predicted octanol–water partition coefficient (Wildman–Crippen LogP) is 6.29. The van der Waals surface area contributed by atoms with E-state index in [4.69, 9.17) is 9.97 Å². The van der Waals surface area contributed by atoms with Gasteiger partial charge in [0, 0.05) is 23.5 Å². The Hall–Kier alpha value is -4.58. The molecule has 5 heteroatoms. The highest BCUT2D eigenvalue weighted by Gasteiger charge is 2.16. The van der Waals surface area contributed by atoms with Crippen molar-refractivity contribution in [1.82, 2.24) is 9.97 Å². The van der Waals surface area contributed by atoms with Gasteiger partial charge in [0.1, 0.15) is 0 Å². The molecule has 0 spiro atoms. The Morgan fingerprint density at radius 3 is 1.68 bits per heavy atom. The van der Waals surface area contributed by atoms with Crippen molar-refractivity contribution in [2.24, 2.45) is 0 Å². The molecule has 38 heavy (non-hydrogen) atoms. The van der Waals surface area contributed by atoms with Crippen LogP contribution >= 0.6 is 0 Å². The minimum Gasteiger partial charge on any atom is -0.423 e. The van der Waals surface area contributed by atoms with Crippen molar-refractivity contribution in [3.8, 4) is 44.5 Å². The molecular formula is C33H25BN2O2.